The summed E-state index contributed by atoms with van der Waals surface area (Å²) in [6.45, 7) is 6.21. The van der Waals surface area contributed by atoms with Gasteiger partial charge < -0.3 is 20.3 Å². The lowest BCUT2D eigenvalue weighted by molar-refractivity contribution is -0.150. The maximum atomic E-state index is 13.2. The van der Waals surface area contributed by atoms with Crippen molar-refractivity contribution in [3.05, 3.63) is 122 Å². The molecule has 0 rings (SSSR count). The van der Waals surface area contributed by atoms with Crippen molar-refractivity contribution in [3.8, 4) is 0 Å². The zero-order chi connectivity index (χ0) is 45.2. The van der Waals surface area contributed by atoms with E-state index < -0.39 is 18.2 Å². The number of allylic oxidation sites excluding steroid dienone is 19. The van der Waals surface area contributed by atoms with Crippen molar-refractivity contribution >= 4 is 11.9 Å². The standard InChI is InChI=1S/C56H91NO5/c1-4-7-10-13-16-19-22-24-26-27-28-30-32-34-37-40-43-46-49-56(61)62-52(47-44-41-38-35-33-31-29-25-23-20-17-14-11-8-5-2)50-55(60)57-53(51-58)54(59)48-45-42-39-36-21-18-15-12-9-6-3/h8,10-11,13,16-17,19-20,22,24-30,33,35,41,44,52-54,58-59H,4-7,9,12,14-15,18,21,23,31-32,34,36-40,42-43,45-51H2,1-3H3,(H,57,60)/b11-8-,13-10+,19-16+,20-17-,24-22+,27-26+,29-25-,30-28+,35-33-,44-41-. The summed E-state index contributed by atoms with van der Waals surface area (Å²) in [5.41, 5.74) is 0. The van der Waals surface area contributed by atoms with E-state index in [4.69, 9.17) is 4.74 Å². The molecule has 6 heteroatoms. The van der Waals surface area contributed by atoms with Crippen LogP contribution in [0.2, 0.25) is 0 Å². The van der Waals surface area contributed by atoms with Crippen LogP contribution in [0.3, 0.4) is 0 Å². The Morgan fingerprint density at radius 2 is 0.984 bits per heavy atom. The summed E-state index contributed by atoms with van der Waals surface area (Å²) in [5.74, 6) is -0.623. The molecule has 0 aliphatic carbocycles. The van der Waals surface area contributed by atoms with Gasteiger partial charge in [0.2, 0.25) is 5.91 Å². The Morgan fingerprint density at radius 1 is 0.516 bits per heavy atom. The molecule has 0 aromatic carbocycles. The van der Waals surface area contributed by atoms with Crippen LogP contribution in [-0.2, 0) is 14.3 Å². The monoisotopic (exact) mass is 858 g/mol. The Bertz CT molecular complexity index is 1330. The number of hydrogen-bond donors (Lipinski definition) is 3. The van der Waals surface area contributed by atoms with E-state index in [0.29, 0.717) is 19.3 Å². The molecule has 3 N–H and O–H groups in total. The quantitative estimate of drug-likeness (QED) is 0.0246. The van der Waals surface area contributed by atoms with Gasteiger partial charge in [-0.05, 0) is 64.2 Å². The van der Waals surface area contributed by atoms with Gasteiger partial charge in [-0.25, -0.2) is 0 Å². The molecule has 0 fully saturated rings. The van der Waals surface area contributed by atoms with Crippen LogP contribution >= 0.6 is 0 Å². The highest BCUT2D eigenvalue weighted by Crippen LogP contribution is 2.15. The van der Waals surface area contributed by atoms with Crippen LogP contribution in [0.1, 0.15) is 194 Å². The molecule has 3 atom stereocenters. The Kier molecular flexibility index (Phi) is 45.4. The van der Waals surface area contributed by atoms with E-state index in [9.17, 15) is 19.8 Å². The summed E-state index contributed by atoms with van der Waals surface area (Å²) in [5, 5.41) is 23.6. The molecule has 0 aliphatic rings. The molecule has 0 spiro atoms. The van der Waals surface area contributed by atoms with Crippen LogP contribution < -0.4 is 5.32 Å². The van der Waals surface area contributed by atoms with Crippen LogP contribution in [0.5, 0.6) is 0 Å². The second-order valence-corrected chi connectivity index (χ2v) is 16.3. The van der Waals surface area contributed by atoms with Crippen molar-refractivity contribution in [2.45, 2.75) is 212 Å². The lowest BCUT2D eigenvalue weighted by atomic mass is 10.0. The number of carbonyl (C=O) groups is 2. The third-order valence-corrected chi connectivity index (χ3v) is 10.4. The normalized spacial score (nSPS) is 14.3. The fourth-order valence-corrected chi connectivity index (χ4v) is 6.66. The number of rotatable bonds is 42. The third-order valence-electron chi connectivity index (χ3n) is 10.4. The second kappa shape index (κ2) is 48.3. The first-order valence-corrected chi connectivity index (χ1v) is 24.8. The Balaban J connectivity index is 4.81. The molecule has 0 aliphatic heterocycles. The summed E-state index contributed by atoms with van der Waals surface area (Å²) in [6, 6.07) is -0.745. The summed E-state index contributed by atoms with van der Waals surface area (Å²) in [4.78, 5) is 26.1. The summed E-state index contributed by atoms with van der Waals surface area (Å²) < 4.78 is 5.85. The van der Waals surface area contributed by atoms with Crippen molar-refractivity contribution in [2.75, 3.05) is 6.61 Å². The van der Waals surface area contributed by atoms with Gasteiger partial charge in [0.1, 0.15) is 6.10 Å². The number of carbonyl (C=O) groups excluding carboxylic acids is 2. The zero-order valence-electron chi connectivity index (χ0n) is 39.7. The molecule has 0 saturated carbocycles. The molecule has 350 valence electrons. The van der Waals surface area contributed by atoms with Crippen LogP contribution in [0, 0.1) is 0 Å². The average molecular weight is 858 g/mol. The van der Waals surface area contributed by atoms with Gasteiger partial charge in [0.15, 0.2) is 0 Å². The largest absolute Gasteiger partial charge is 0.461 e. The van der Waals surface area contributed by atoms with E-state index >= 15 is 0 Å². The van der Waals surface area contributed by atoms with Crippen LogP contribution in [0.25, 0.3) is 0 Å². The lowest BCUT2D eigenvalue weighted by Crippen LogP contribution is -2.46. The average Bonchev–Trinajstić information content (AvgIpc) is 3.26. The maximum absolute atomic E-state index is 13.2. The van der Waals surface area contributed by atoms with Crippen molar-refractivity contribution in [1.29, 1.82) is 0 Å². The molecule has 0 radical (unpaired) electrons. The molecule has 0 heterocycles. The molecule has 0 aromatic heterocycles. The topological polar surface area (TPSA) is 95.9 Å². The minimum absolute atomic E-state index is 0.0196. The Morgan fingerprint density at radius 3 is 1.52 bits per heavy atom. The number of esters is 1. The van der Waals surface area contributed by atoms with Gasteiger partial charge in [0, 0.05) is 12.8 Å². The van der Waals surface area contributed by atoms with E-state index in [2.05, 4.69) is 105 Å². The van der Waals surface area contributed by atoms with Crippen molar-refractivity contribution in [2.24, 2.45) is 0 Å². The van der Waals surface area contributed by atoms with Crippen LogP contribution in [-0.4, -0.2) is 46.9 Å². The van der Waals surface area contributed by atoms with Gasteiger partial charge >= 0.3 is 5.97 Å². The van der Waals surface area contributed by atoms with Crippen molar-refractivity contribution in [3.63, 3.8) is 0 Å². The van der Waals surface area contributed by atoms with Crippen molar-refractivity contribution in [1.82, 2.24) is 5.32 Å². The molecule has 0 saturated heterocycles. The number of unbranched alkanes of at least 4 members (excludes halogenated alkanes) is 15. The van der Waals surface area contributed by atoms with Gasteiger partial charge in [-0.2, -0.15) is 0 Å². The maximum Gasteiger partial charge on any atom is 0.306 e. The first kappa shape index (κ1) is 58.3. The number of hydrogen-bond acceptors (Lipinski definition) is 5. The van der Waals surface area contributed by atoms with Gasteiger partial charge in [-0.3, -0.25) is 9.59 Å². The number of amides is 1. The summed E-state index contributed by atoms with van der Waals surface area (Å²) >= 11 is 0. The molecule has 1 amide bonds. The zero-order valence-corrected chi connectivity index (χ0v) is 39.7. The number of aliphatic hydroxyl groups excluding tert-OH is 2. The number of ether oxygens (including phenoxy) is 1. The smallest absolute Gasteiger partial charge is 0.306 e. The molecule has 6 nitrogen and oxygen atoms in total. The first-order valence-electron chi connectivity index (χ1n) is 24.8. The van der Waals surface area contributed by atoms with Crippen molar-refractivity contribution < 1.29 is 24.5 Å². The van der Waals surface area contributed by atoms with Crippen LogP contribution in [0.15, 0.2) is 122 Å². The van der Waals surface area contributed by atoms with E-state index in [1.807, 2.05) is 42.5 Å². The third kappa shape index (κ3) is 42.9. The van der Waals surface area contributed by atoms with E-state index in [1.165, 1.54) is 51.4 Å². The lowest BCUT2D eigenvalue weighted by Gasteiger charge is -2.24. The minimum Gasteiger partial charge on any atom is -0.461 e. The second-order valence-electron chi connectivity index (χ2n) is 16.3. The van der Waals surface area contributed by atoms with Gasteiger partial charge in [0.05, 0.1) is 25.2 Å². The van der Waals surface area contributed by atoms with Gasteiger partial charge in [-0.1, -0.05) is 232 Å². The van der Waals surface area contributed by atoms with E-state index in [0.717, 1.165) is 96.3 Å². The van der Waals surface area contributed by atoms with E-state index in [1.54, 1.807) is 0 Å². The van der Waals surface area contributed by atoms with Crippen LogP contribution in [0.4, 0.5) is 0 Å². The molecule has 0 aromatic rings. The SMILES string of the molecule is CC/C=C\C/C=C\C/C=C\C/C=C\C/C=C\CC(CC(=O)NC(CO)C(O)CCCCCCCCCCCC)OC(=O)CCCCCCC/C=C/C=C/C=C/C=C/C=C/CCC. The first-order chi connectivity index (χ1) is 30.5. The summed E-state index contributed by atoms with van der Waals surface area (Å²) in [6.07, 6.45) is 66.9. The predicted molar refractivity (Wildman–Crippen MR) is 268 cm³/mol. The summed E-state index contributed by atoms with van der Waals surface area (Å²) in [7, 11) is 0. The molecule has 0 bridgehead atoms. The van der Waals surface area contributed by atoms with E-state index in [-0.39, 0.29) is 24.9 Å². The minimum atomic E-state index is -0.823. The Labute approximate surface area is 380 Å². The highest BCUT2D eigenvalue weighted by Gasteiger charge is 2.23. The number of aliphatic hydroxyl groups is 2. The van der Waals surface area contributed by atoms with Gasteiger partial charge in [-0.15, -0.1) is 0 Å². The Hall–Kier alpha value is -3.74. The molecular formula is C56H91NO5. The predicted octanol–water partition coefficient (Wildman–Crippen LogP) is 14.9. The highest BCUT2D eigenvalue weighted by molar-refractivity contribution is 5.77. The molecule has 62 heavy (non-hydrogen) atoms. The highest BCUT2D eigenvalue weighted by atomic mass is 16.5. The molecule has 3 unspecified atom stereocenters. The molecular weight excluding hydrogens is 767 g/mol. The fourth-order valence-electron chi connectivity index (χ4n) is 6.66. The fraction of sp³-hybridized carbons (Fsp3) is 0.607. The van der Waals surface area contributed by atoms with Gasteiger partial charge in [0.25, 0.3) is 0 Å². The number of nitrogens with one attached hydrogen (secondary N) is 1.